The summed E-state index contributed by atoms with van der Waals surface area (Å²) in [5.74, 6) is 2.82. The van der Waals surface area contributed by atoms with Crippen LogP contribution in [-0.2, 0) is 0 Å². The molecular formula is C17H15N3O. The van der Waals surface area contributed by atoms with E-state index in [1.165, 1.54) is 5.56 Å². The van der Waals surface area contributed by atoms with Crippen LogP contribution in [0.2, 0.25) is 0 Å². The van der Waals surface area contributed by atoms with Crippen LogP contribution >= 0.6 is 0 Å². The number of hydrogen-bond acceptors (Lipinski definition) is 3. The van der Waals surface area contributed by atoms with E-state index in [0.717, 1.165) is 29.4 Å². The van der Waals surface area contributed by atoms with Gasteiger partial charge in [0.2, 0.25) is 0 Å². The molecule has 1 N–H and O–H groups in total. The van der Waals surface area contributed by atoms with Crippen LogP contribution in [0.4, 0.5) is 0 Å². The van der Waals surface area contributed by atoms with Gasteiger partial charge in [-0.05, 0) is 12.5 Å². The standard InChI is InChI=1S/C17H15N3O/c1-2-6-12(7-3-1)16-18-17(20-19-16)14-10-11-21-15-9-5-4-8-13(14)15/h1-9,14H,10-11H2,(H,18,19,20). The molecule has 0 fully saturated rings. The molecule has 4 heteroatoms. The second-order valence-corrected chi connectivity index (χ2v) is 5.14. The molecule has 21 heavy (non-hydrogen) atoms. The second kappa shape index (κ2) is 5.05. The highest BCUT2D eigenvalue weighted by atomic mass is 16.5. The Hall–Kier alpha value is -2.62. The van der Waals surface area contributed by atoms with E-state index in [1.807, 2.05) is 48.5 Å². The van der Waals surface area contributed by atoms with Crippen molar-refractivity contribution in [2.24, 2.45) is 0 Å². The first kappa shape index (κ1) is 12.1. The first-order valence-corrected chi connectivity index (χ1v) is 7.11. The number of nitrogens with zero attached hydrogens (tertiary/aromatic N) is 2. The minimum absolute atomic E-state index is 0.222. The maximum absolute atomic E-state index is 5.70. The second-order valence-electron chi connectivity index (χ2n) is 5.14. The lowest BCUT2D eigenvalue weighted by Crippen LogP contribution is -2.16. The molecule has 0 bridgehead atoms. The van der Waals surface area contributed by atoms with Gasteiger partial charge >= 0.3 is 0 Å². The Bertz CT molecular complexity index is 751. The van der Waals surface area contributed by atoms with E-state index in [4.69, 9.17) is 4.74 Å². The fraction of sp³-hybridized carbons (Fsp3) is 0.176. The molecule has 3 aromatic rings. The predicted octanol–water partition coefficient (Wildman–Crippen LogP) is 3.39. The lowest BCUT2D eigenvalue weighted by molar-refractivity contribution is 0.274. The highest BCUT2D eigenvalue weighted by Gasteiger charge is 2.25. The molecule has 0 radical (unpaired) electrons. The summed E-state index contributed by atoms with van der Waals surface area (Å²) in [6, 6.07) is 18.2. The van der Waals surface area contributed by atoms with E-state index in [9.17, 15) is 0 Å². The number of hydrogen-bond donors (Lipinski definition) is 1. The molecule has 4 rings (SSSR count). The Morgan fingerprint density at radius 2 is 1.81 bits per heavy atom. The zero-order valence-electron chi connectivity index (χ0n) is 11.5. The molecule has 1 unspecified atom stereocenters. The number of aromatic amines is 1. The first-order chi connectivity index (χ1) is 10.4. The topological polar surface area (TPSA) is 50.8 Å². The number of benzene rings is 2. The average Bonchev–Trinajstić information content (AvgIpc) is 3.05. The van der Waals surface area contributed by atoms with Crippen molar-refractivity contribution in [1.82, 2.24) is 15.2 Å². The van der Waals surface area contributed by atoms with Gasteiger partial charge in [-0.2, -0.15) is 5.10 Å². The SMILES string of the molecule is c1ccc(-c2n[nH]c(C3CCOc4ccccc43)n2)cc1. The zero-order chi connectivity index (χ0) is 14.1. The van der Waals surface area contributed by atoms with E-state index in [-0.39, 0.29) is 5.92 Å². The third-order valence-electron chi connectivity index (χ3n) is 3.82. The Balaban J connectivity index is 1.71. The van der Waals surface area contributed by atoms with Crippen molar-refractivity contribution in [3.63, 3.8) is 0 Å². The molecule has 0 amide bonds. The molecule has 1 aliphatic rings. The number of ether oxygens (including phenoxy) is 1. The Morgan fingerprint density at radius 1 is 1.00 bits per heavy atom. The highest BCUT2D eigenvalue weighted by molar-refractivity contribution is 5.54. The van der Waals surface area contributed by atoms with Crippen LogP contribution in [0.1, 0.15) is 23.7 Å². The molecule has 2 aromatic carbocycles. The van der Waals surface area contributed by atoms with Gasteiger partial charge in [0.1, 0.15) is 11.6 Å². The minimum Gasteiger partial charge on any atom is -0.493 e. The summed E-state index contributed by atoms with van der Waals surface area (Å²) >= 11 is 0. The summed E-state index contributed by atoms with van der Waals surface area (Å²) in [4.78, 5) is 4.68. The van der Waals surface area contributed by atoms with Crippen molar-refractivity contribution in [1.29, 1.82) is 0 Å². The summed E-state index contributed by atoms with van der Waals surface area (Å²) < 4.78 is 5.70. The highest BCUT2D eigenvalue weighted by Crippen LogP contribution is 2.36. The third kappa shape index (κ3) is 2.18. The Morgan fingerprint density at radius 3 is 2.71 bits per heavy atom. The van der Waals surface area contributed by atoms with Crippen molar-refractivity contribution in [2.75, 3.05) is 6.61 Å². The molecule has 0 saturated heterocycles. The molecular weight excluding hydrogens is 262 g/mol. The maximum atomic E-state index is 5.70. The molecule has 0 spiro atoms. The van der Waals surface area contributed by atoms with Crippen LogP contribution in [0.15, 0.2) is 54.6 Å². The summed E-state index contributed by atoms with van der Waals surface area (Å²) in [5, 5.41) is 7.46. The van der Waals surface area contributed by atoms with Crippen LogP contribution in [0.3, 0.4) is 0 Å². The van der Waals surface area contributed by atoms with Gasteiger partial charge in [0.05, 0.1) is 12.5 Å². The summed E-state index contributed by atoms with van der Waals surface area (Å²) in [5.41, 5.74) is 2.21. The van der Waals surface area contributed by atoms with Crippen LogP contribution in [0.5, 0.6) is 5.75 Å². The van der Waals surface area contributed by atoms with Crippen LogP contribution in [0, 0.1) is 0 Å². The zero-order valence-corrected chi connectivity index (χ0v) is 11.5. The minimum atomic E-state index is 0.222. The predicted molar refractivity (Wildman–Crippen MR) is 80.2 cm³/mol. The summed E-state index contributed by atoms with van der Waals surface area (Å²) in [7, 11) is 0. The molecule has 0 saturated carbocycles. The number of nitrogens with one attached hydrogen (secondary N) is 1. The first-order valence-electron chi connectivity index (χ1n) is 7.11. The van der Waals surface area contributed by atoms with Gasteiger partial charge in [-0.15, -0.1) is 0 Å². The fourth-order valence-electron chi connectivity index (χ4n) is 2.77. The Kier molecular flexibility index (Phi) is 2.92. The van der Waals surface area contributed by atoms with E-state index >= 15 is 0 Å². The molecule has 4 nitrogen and oxygen atoms in total. The monoisotopic (exact) mass is 277 g/mol. The lowest BCUT2D eigenvalue weighted by atomic mass is 9.92. The van der Waals surface area contributed by atoms with Gasteiger partial charge in [0, 0.05) is 11.1 Å². The molecule has 2 heterocycles. The van der Waals surface area contributed by atoms with Crippen molar-refractivity contribution >= 4 is 0 Å². The summed E-state index contributed by atoms with van der Waals surface area (Å²) in [6.07, 6.45) is 0.917. The van der Waals surface area contributed by atoms with E-state index in [1.54, 1.807) is 0 Å². The fourth-order valence-corrected chi connectivity index (χ4v) is 2.77. The number of aromatic nitrogens is 3. The number of para-hydroxylation sites is 1. The van der Waals surface area contributed by atoms with Gasteiger partial charge in [-0.3, -0.25) is 5.10 Å². The third-order valence-corrected chi connectivity index (χ3v) is 3.82. The van der Waals surface area contributed by atoms with Crippen molar-refractivity contribution in [3.8, 4) is 17.1 Å². The lowest BCUT2D eigenvalue weighted by Gasteiger charge is -2.23. The van der Waals surface area contributed by atoms with Crippen LogP contribution < -0.4 is 4.74 Å². The Labute approximate surface area is 122 Å². The van der Waals surface area contributed by atoms with Gasteiger partial charge in [-0.1, -0.05) is 48.5 Å². The van der Waals surface area contributed by atoms with E-state index in [0.29, 0.717) is 6.61 Å². The van der Waals surface area contributed by atoms with E-state index in [2.05, 4.69) is 21.2 Å². The molecule has 104 valence electrons. The van der Waals surface area contributed by atoms with Crippen molar-refractivity contribution in [2.45, 2.75) is 12.3 Å². The van der Waals surface area contributed by atoms with Gasteiger partial charge in [-0.25, -0.2) is 4.98 Å². The number of rotatable bonds is 2. The van der Waals surface area contributed by atoms with Crippen molar-refractivity contribution < 1.29 is 4.74 Å². The average molecular weight is 277 g/mol. The normalized spacial score (nSPS) is 17.0. The maximum Gasteiger partial charge on any atom is 0.181 e. The van der Waals surface area contributed by atoms with Gasteiger partial charge in [0.15, 0.2) is 5.82 Å². The van der Waals surface area contributed by atoms with Crippen molar-refractivity contribution in [3.05, 3.63) is 66.0 Å². The molecule has 1 aliphatic heterocycles. The molecule has 1 aromatic heterocycles. The number of H-pyrrole nitrogens is 1. The molecule has 1 atom stereocenters. The summed E-state index contributed by atoms with van der Waals surface area (Å²) in [6.45, 7) is 0.711. The largest absolute Gasteiger partial charge is 0.493 e. The van der Waals surface area contributed by atoms with Gasteiger partial charge in [0.25, 0.3) is 0 Å². The smallest absolute Gasteiger partial charge is 0.181 e. The van der Waals surface area contributed by atoms with Crippen LogP contribution in [-0.4, -0.2) is 21.8 Å². The quantitative estimate of drug-likeness (QED) is 0.781. The van der Waals surface area contributed by atoms with E-state index < -0.39 is 0 Å². The van der Waals surface area contributed by atoms with Gasteiger partial charge < -0.3 is 4.74 Å². The molecule has 0 aliphatic carbocycles. The van der Waals surface area contributed by atoms with Crippen LogP contribution in [0.25, 0.3) is 11.4 Å². The number of fused-ring (bicyclic) bond motifs is 1.